The average molecular weight is 415 g/mol. The van der Waals surface area contributed by atoms with Gasteiger partial charge in [-0.2, -0.15) is 0 Å². The molecule has 0 saturated carbocycles. The lowest BCUT2D eigenvalue weighted by atomic mass is 10.0. The molecule has 144 valence electrons. The number of nitrogens with one attached hydrogen (secondary N) is 1. The quantitative estimate of drug-likeness (QED) is 0.670. The van der Waals surface area contributed by atoms with Crippen molar-refractivity contribution in [2.75, 3.05) is 23.9 Å². The zero-order valence-electron chi connectivity index (χ0n) is 15.3. The van der Waals surface area contributed by atoms with Crippen LogP contribution in [0.3, 0.4) is 0 Å². The van der Waals surface area contributed by atoms with Crippen LogP contribution in [0.2, 0.25) is 5.02 Å². The maximum Gasteiger partial charge on any atom is 0.286 e. The van der Waals surface area contributed by atoms with Crippen molar-refractivity contribution in [1.82, 2.24) is 10.2 Å². The van der Waals surface area contributed by atoms with Gasteiger partial charge in [0.2, 0.25) is 5.01 Å². The molecule has 0 spiro atoms. The van der Waals surface area contributed by atoms with E-state index in [-0.39, 0.29) is 5.91 Å². The zero-order chi connectivity index (χ0) is 19.5. The number of hydrogen-bond donors (Lipinski definition) is 1. The number of ether oxygens (including phenoxy) is 1. The van der Waals surface area contributed by atoms with Crippen molar-refractivity contribution in [2.45, 2.75) is 19.4 Å². The Labute approximate surface area is 172 Å². The van der Waals surface area contributed by atoms with E-state index in [9.17, 15) is 4.79 Å². The standard InChI is InChI=1S/C20H19ClN4O2S/c1-27-16-7-5-15(6-8-16)22-19(26)20-24-23-18(28-20)12-25-10-2-3-13-11-14(21)4-9-17(13)25/h4-9,11H,2-3,10,12H2,1H3,(H,22,26). The van der Waals surface area contributed by atoms with Crippen LogP contribution in [-0.2, 0) is 13.0 Å². The number of halogens is 1. The van der Waals surface area contributed by atoms with E-state index in [0.717, 1.165) is 35.2 Å². The number of carbonyl (C=O) groups excluding carboxylic acids is 1. The minimum atomic E-state index is -0.264. The van der Waals surface area contributed by atoms with Gasteiger partial charge in [-0.25, -0.2) is 0 Å². The minimum Gasteiger partial charge on any atom is -0.497 e. The van der Waals surface area contributed by atoms with Crippen LogP contribution in [0.15, 0.2) is 42.5 Å². The molecule has 1 aliphatic rings. The summed E-state index contributed by atoms with van der Waals surface area (Å²) in [6.45, 7) is 1.57. The van der Waals surface area contributed by atoms with Gasteiger partial charge < -0.3 is 15.0 Å². The molecule has 0 fully saturated rings. The third kappa shape index (κ3) is 4.10. The highest BCUT2D eigenvalue weighted by atomic mass is 35.5. The van der Waals surface area contributed by atoms with Gasteiger partial charge >= 0.3 is 0 Å². The summed E-state index contributed by atoms with van der Waals surface area (Å²) in [5, 5.41) is 13.0. The van der Waals surface area contributed by atoms with E-state index in [1.54, 1.807) is 31.4 Å². The van der Waals surface area contributed by atoms with Gasteiger partial charge in [0.25, 0.3) is 5.91 Å². The van der Waals surface area contributed by atoms with E-state index in [1.807, 2.05) is 12.1 Å². The van der Waals surface area contributed by atoms with Gasteiger partial charge in [0.1, 0.15) is 10.8 Å². The first-order valence-corrected chi connectivity index (χ1v) is 10.1. The van der Waals surface area contributed by atoms with Crippen molar-refractivity contribution in [2.24, 2.45) is 0 Å². The lowest BCUT2D eigenvalue weighted by Crippen LogP contribution is -2.28. The van der Waals surface area contributed by atoms with Gasteiger partial charge in [0, 0.05) is 22.9 Å². The Hall–Kier alpha value is -2.64. The minimum absolute atomic E-state index is 0.264. The summed E-state index contributed by atoms with van der Waals surface area (Å²) in [6.07, 6.45) is 2.09. The number of carbonyl (C=O) groups is 1. The number of amides is 1. The number of anilines is 2. The molecule has 0 saturated heterocycles. The van der Waals surface area contributed by atoms with Crippen molar-refractivity contribution in [1.29, 1.82) is 0 Å². The molecule has 1 aromatic heterocycles. The highest BCUT2D eigenvalue weighted by Gasteiger charge is 2.20. The van der Waals surface area contributed by atoms with Gasteiger partial charge in [-0.1, -0.05) is 22.9 Å². The zero-order valence-corrected chi connectivity index (χ0v) is 16.9. The number of fused-ring (bicyclic) bond motifs is 1. The monoisotopic (exact) mass is 414 g/mol. The van der Waals surface area contributed by atoms with Crippen molar-refractivity contribution in [3.05, 3.63) is 63.1 Å². The Morgan fingerprint density at radius 3 is 2.86 bits per heavy atom. The molecular weight excluding hydrogens is 396 g/mol. The van der Waals surface area contributed by atoms with Gasteiger partial charge in [0.15, 0.2) is 0 Å². The first kappa shape index (κ1) is 18.7. The molecule has 2 heterocycles. The van der Waals surface area contributed by atoms with Crippen LogP contribution in [-0.4, -0.2) is 29.8 Å². The predicted octanol–water partition coefficient (Wildman–Crippen LogP) is 4.41. The molecule has 1 aliphatic heterocycles. The number of nitrogens with zero attached hydrogens (tertiary/aromatic N) is 3. The molecule has 0 aliphatic carbocycles. The number of methoxy groups -OCH3 is 1. The Morgan fingerprint density at radius 2 is 2.07 bits per heavy atom. The first-order valence-electron chi connectivity index (χ1n) is 8.93. The highest BCUT2D eigenvalue weighted by Crippen LogP contribution is 2.31. The molecule has 8 heteroatoms. The van der Waals surface area contributed by atoms with Crippen molar-refractivity contribution in [3.8, 4) is 5.75 Å². The molecule has 4 rings (SSSR count). The third-order valence-corrected chi connectivity index (χ3v) is 5.73. The van der Waals surface area contributed by atoms with Crippen LogP contribution in [0, 0.1) is 0 Å². The third-order valence-electron chi connectivity index (χ3n) is 4.59. The summed E-state index contributed by atoms with van der Waals surface area (Å²) in [5.41, 5.74) is 3.11. The second kappa shape index (κ2) is 8.16. The number of rotatable bonds is 5. The Morgan fingerprint density at radius 1 is 1.25 bits per heavy atom. The highest BCUT2D eigenvalue weighted by molar-refractivity contribution is 7.13. The number of aryl methyl sites for hydroxylation is 1. The molecule has 6 nitrogen and oxygen atoms in total. The number of hydrogen-bond acceptors (Lipinski definition) is 6. The Balaban J connectivity index is 1.44. The lowest BCUT2D eigenvalue weighted by molar-refractivity contribution is 0.102. The molecule has 0 atom stereocenters. The molecule has 2 aromatic carbocycles. The fourth-order valence-corrected chi connectivity index (χ4v) is 4.18. The average Bonchev–Trinajstić information content (AvgIpc) is 3.17. The fourth-order valence-electron chi connectivity index (χ4n) is 3.24. The molecule has 3 aromatic rings. The van der Waals surface area contributed by atoms with Crippen LogP contribution in [0.1, 0.15) is 26.8 Å². The number of benzene rings is 2. The van der Waals surface area contributed by atoms with E-state index in [1.165, 1.54) is 22.6 Å². The second-order valence-corrected chi connectivity index (χ2v) is 7.98. The van der Waals surface area contributed by atoms with E-state index in [0.29, 0.717) is 17.2 Å². The van der Waals surface area contributed by atoms with Gasteiger partial charge in [0.05, 0.1) is 13.7 Å². The molecule has 28 heavy (non-hydrogen) atoms. The normalized spacial score (nSPS) is 13.1. The van der Waals surface area contributed by atoms with Crippen LogP contribution in [0.4, 0.5) is 11.4 Å². The summed E-state index contributed by atoms with van der Waals surface area (Å²) in [7, 11) is 1.60. The summed E-state index contributed by atoms with van der Waals surface area (Å²) in [4.78, 5) is 14.7. The van der Waals surface area contributed by atoms with Crippen LogP contribution in [0.25, 0.3) is 0 Å². The van der Waals surface area contributed by atoms with Crippen molar-refractivity contribution in [3.63, 3.8) is 0 Å². The van der Waals surface area contributed by atoms with Gasteiger partial charge in [-0.15, -0.1) is 10.2 Å². The van der Waals surface area contributed by atoms with Gasteiger partial charge in [-0.3, -0.25) is 4.79 Å². The summed E-state index contributed by atoms with van der Waals surface area (Å²) in [5.74, 6) is 0.471. The smallest absolute Gasteiger partial charge is 0.286 e. The maximum atomic E-state index is 12.4. The summed E-state index contributed by atoms with van der Waals surface area (Å²) < 4.78 is 5.12. The van der Waals surface area contributed by atoms with E-state index >= 15 is 0 Å². The molecule has 0 unspecified atom stereocenters. The lowest BCUT2D eigenvalue weighted by Gasteiger charge is -2.30. The SMILES string of the molecule is COc1ccc(NC(=O)c2nnc(CN3CCCc4cc(Cl)ccc43)s2)cc1. The molecule has 1 amide bonds. The molecule has 0 radical (unpaired) electrons. The molecular formula is C20H19ClN4O2S. The van der Waals surface area contributed by atoms with E-state index in [2.05, 4.69) is 26.5 Å². The first-order chi connectivity index (χ1) is 13.6. The molecule has 0 bridgehead atoms. The largest absolute Gasteiger partial charge is 0.497 e. The van der Waals surface area contributed by atoms with Crippen LogP contribution in [0.5, 0.6) is 5.75 Å². The van der Waals surface area contributed by atoms with Crippen LogP contribution >= 0.6 is 22.9 Å². The fraction of sp³-hybridized carbons (Fsp3) is 0.250. The second-order valence-electron chi connectivity index (χ2n) is 6.48. The van der Waals surface area contributed by atoms with Crippen molar-refractivity contribution < 1.29 is 9.53 Å². The predicted molar refractivity (Wildman–Crippen MR) is 112 cm³/mol. The van der Waals surface area contributed by atoms with E-state index in [4.69, 9.17) is 16.3 Å². The molecule has 1 N–H and O–H groups in total. The Bertz CT molecular complexity index is 990. The Kier molecular flexibility index (Phi) is 5.45. The topological polar surface area (TPSA) is 67.3 Å². The van der Waals surface area contributed by atoms with E-state index < -0.39 is 0 Å². The van der Waals surface area contributed by atoms with Crippen LogP contribution < -0.4 is 15.0 Å². The number of aromatic nitrogens is 2. The summed E-state index contributed by atoms with van der Waals surface area (Å²) >= 11 is 7.43. The van der Waals surface area contributed by atoms with Crippen molar-refractivity contribution >= 4 is 40.2 Å². The summed E-state index contributed by atoms with van der Waals surface area (Å²) in [6, 6.07) is 13.1. The maximum absolute atomic E-state index is 12.4. The van der Waals surface area contributed by atoms with Gasteiger partial charge in [-0.05, 0) is 60.9 Å².